The molecule has 0 radical (unpaired) electrons. The zero-order chi connectivity index (χ0) is 15.3. The first-order valence-electron chi connectivity index (χ1n) is 5.60. The number of benzene rings is 1. The van der Waals surface area contributed by atoms with Crippen molar-refractivity contribution in [1.29, 1.82) is 0 Å². The molecule has 0 aliphatic carbocycles. The number of nitrogens with two attached hydrogens (primary N) is 1. The average molecular weight is 369 g/mol. The van der Waals surface area contributed by atoms with Gasteiger partial charge in [0, 0.05) is 17.3 Å². The van der Waals surface area contributed by atoms with E-state index < -0.39 is 16.1 Å². The lowest BCUT2D eigenvalue weighted by atomic mass is 10.3. The Kier molecular flexibility index (Phi) is 6.21. The summed E-state index contributed by atoms with van der Waals surface area (Å²) in [5.41, 5.74) is 5.96. The second-order valence-corrected chi connectivity index (χ2v) is 6.52. The van der Waals surface area contributed by atoms with Crippen molar-refractivity contribution in [2.24, 2.45) is 0 Å². The molecule has 0 saturated heterocycles. The summed E-state index contributed by atoms with van der Waals surface area (Å²) in [6.07, 6.45) is 0. The van der Waals surface area contributed by atoms with Crippen LogP contribution in [0.5, 0.6) is 5.75 Å². The molecular formula is C11H17BrN2O5S. The van der Waals surface area contributed by atoms with E-state index in [1.165, 1.54) is 26.4 Å². The molecule has 1 rings (SSSR count). The van der Waals surface area contributed by atoms with Gasteiger partial charge in [-0.15, -0.1) is 0 Å². The van der Waals surface area contributed by atoms with Crippen LogP contribution in [0.25, 0.3) is 0 Å². The molecule has 0 fully saturated rings. The molecule has 0 saturated carbocycles. The number of methoxy groups -OCH3 is 2. The summed E-state index contributed by atoms with van der Waals surface area (Å²) in [5.74, 6) is 0.146. The predicted octanol–water partition coefficient (Wildman–Crippen LogP) is 0.326. The fourth-order valence-electron chi connectivity index (χ4n) is 1.53. The van der Waals surface area contributed by atoms with E-state index >= 15 is 0 Å². The standard InChI is InChI=1S/C11H17BrN2O5S/c1-18-6-7(5-15)14-20(16,17)11-4-9(13)8(12)3-10(11)19-2/h3-4,7,14-15H,5-6,13H2,1-2H3. The van der Waals surface area contributed by atoms with Crippen LogP contribution in [0.1, 0.15) is 0 Å². The molecule has 0 spiro atoms. The first kappa shape index (κ1) is 17.2. The third-order valence-corrected chi connectivity index (χ3v) is 4.71. The van der Waals surface area contributed by atoms with Gasteiger partial charge in [-0.2, -0.15) is 0 Å². The highest BCUT2D eigenvalue weighted by Gasteiger charge is 2.24. The van der Waals surface area contributed by atoms with E-state index in [0.29, 0.717) is 4.47 Å². The molecule has 4 N–H and O–H groups in total. The molecule has 20 heavy (non-hydrogen) atoms. The Morgan fingerprint density at radius 3 is 2.60 bits per heavy atom. The van der Waals surface area contributed by atoms with Gasteiger partial charge in [0.15, 0.2) is 0 Å². The van der Waals surface area contributed by atoms with Gasteiger partial charge in [-0.1, -0.05) is 0 Å². The molecule has 114 valence electrons. The van der Waals surface area contributed by atoms with Gasteiger partial charge in [-0.05, 0) is 28.1 Å². The van der Waals surface area contributed by atoms with Crippen molar-refractivity contribution in [3.8, 4) is 5.75 Å². The van der Waals surface area contributed by atoms with Crippen molar-refractivity contribution in [2.45, 2.75) is 10.9 Å². The molecule has 7 nitrogen and oxygen atoms in total. The summed E-state index contributed by atoms with van der Waals surface area (Å²) in [4.78, 5) is -0.102. The first-order valence-corrected chi connectivity index (χ1v) is 7.88. The second kappa shape index (κ2) is 7.23. The quantitative estimate of drug-likeness (QED) is 0.598. The minimum absolute atomic E-state index is 0.0457. The summed E-state index contributed by atoms with van der Waals surface area (Å²) in [6.45, 7) is -0.342. The largest absolute Gasteiger partial charge is 0.495 e. The number of aliphatic hydroxyl groups excluding tert-OH is 1. The number of ether oxygens (including phenoxy) is 2. The molecule has 1 aromatic carbocycles. The van der Waals surface area contributed by atoms with E-state index in [-0.39, 0.29) is 29.5 Å². The number of rotatable bonds is 7. The van der Waals surface area contributed by atoms with Crippen molar-refractivity contribution in [3.05, 3.63) is 16.6 Å². The molecule has 1 aromatic rings. The molecule has 1 atom stereocenters. The maximum atomic E-state index is 12.3. The molecule has 0 bridgehead atoms. The zero-order valence-corrected chi connectivity index (χ0v) is 13.5. The third kappa shape index (κ3) is 4.06. The molecule has 0 heterocycles. The smallest absolute Gasteiger partial charge is 0.244 e. The van der Waals surface area contributed by atoms with Crippen LogP contribution >= 0.6 is 15.9 Å². The lowest BCUT2D eigenvalue weighted by molar-refractivity contribution is 0.139. The third-order valence-electron chi connectivity index (χ3n) is 2.48. The van der Waals surface area contributed by atoms with Crippen LogP contribution in [-0.4, -0.2) is 47.0 Å². The van der Waals surface area contributed by atoms with Gasteiger partial charge >= 0.3 is 0 Å². The van der Waals surface area contributed by atoms with Gasteiger partial charge in [0.2, 0.25) is 10.0 Å². The highest BCUT2D eigenvalue weighted by Crippen LogP contribution is 2.32. The van der Waals surface area contributed by atoms with E-state index in [0.717, 1.165) is 0 Å². The Hall–Kier alpha value is -0.870. The SMILES string of the molecule is COCC(CO)NS(=O)(=O)c1cc(N)c(Br)cc1OC. The fraction of sp³-hybridized carbons (Fsp3) is 0.455. The molecule has 1 unspecified atom stereocenters. The molecule has 0 aromatic heterocycles. The van der Waals surface area contributed by atoms with Gasteiger partial charge in [0.1, 0.15) is 10.6 Å². The number of sulfonamides is 1. The van der Waals surface area contributed by atoms with E-state index in [1.807, 2.05) is 0 Å². The number of hydrogen-bond acceptors (Lipinski definition) is 6. The monoisotopic (exact) mass is 368 g/mol. The van der Waals surface area contributed by atoms with Crippen molar-refractivity contribution < 1.29 is 23.0 Å². The minimum Gasteiger partial charge on any atom is -0.495 e. The second-order valence-electron chi connectivity index (χ2n) is 3.98. The molecule has 0 amide bonds. The van der Waals surface area contributed by atoms with E-state index in [1.54, 1.807) is 0 Å². The van der Waals surface area contributed by atoms with Crippen LogP contribution < -0.4 is 15.2 Å². The Morgan fingerprint density at radius 1 is 1.45 bits per heavy atom. The van der Waals surface area contributed by atoms with Crippen LogP contribution in [0, 0.1) is 0 Å². The highest BCUT2D eigenvalue weighted by atomic mass is 79.9. The van der Waals surface area contributed by atoms with E-state index in [9.17, 15) is 8.42 Å². The van der Waals surface area contributed by atoms with Gasteiger partial charge in [0.05, 0.1) is 26.4 Å². The Labute approximate surface area is 126 Å². The average Bonchev–Trinajstić information content (AvgIpc) is 2.40. The fourth-order valence-corrected chi connectivity index (χ4v) is 3.25. The number of halogens is 1. The van der Waals surface area contributed by atoms with Crippen molar-refractivity contribution in [1.82, 2.24) is 4.72 Å². The number of hydrogen-bond donors (Lipinski definition) is 3. The Bertz CT molecular complexity index is 564. The number of aliphatic hydroxyl groups is 1. The highest BCUT2D eigenvalue weighted by molar-refractivity contribution is 9.10. The topological polar surface area (TPSA) is 111 Å². The van der Waals surface area contributed by atoms with Crippen LogP contribution in [-0.2, 0) is 14.8 Å². The number of nitrogens with one attached hydrogen (secondary N) is 1. The molecule has 9 heteroatoms. The van der Waals surface area contributed by atoms with Crippen molar-refractivity contribution >= 4 is 31.6 Å². The van der Waals surface area contributed by atoms with E-state index in [4.69, 9.17) is 20.3 Å². The lowest BCUT2D eigenvalue weighted by Crippen LogP contribution is -2.40. The zero-order valence-electron chi connectivity index (χ0n) is 11.1. The maximum Gasteiger partial charge on any atom is 0.244 e. The van der Waals surface area contributed by atoms with Crippen LogP contribution in [0.15, 0.2) is 21.5 Å². The lowest BCUT2D eigenvalue weighted by Gasteiger charge is -2.17. The summed E-state index contributed by atoms with van der Waals surface area (Å²) < 4.78 is 37.3. The van der Waals surface area contributed by atoms with Gasteiger partial charge < -0.3 is 20.3 Å². The summed E-state index contributed by atoms with van der Waals surface area (Å²) in [7, 11) is -1.12. The summed E-state index contributed by atoms with van der Waals surface area (Å²) in [5, 5.41) is 9.12. The molecule has 0 aliphatic heterocycles. The van der Waals surface area contributed by atoms with Gasteiger partial charge in [-0.25, -0.2) is 13.1 Å². The molecule has 0 aliphatic rings. The van der Waals surface area contributed by atoms with Crippen LogP contribution in [0.2, 0.25) is 0 Å². The molecular weight excluding hydrogens is 352 g/mol. The minimum atomic E-state index is -3.89. The first-order chi connectivity index (χ1) is 9.35. The van der Waals surface area contributed by atoms with Gasteiger partial charge in [0.25, 0.3) is 0 Å². The number of anilines is 1. The van der Waals surface area contributed by atoms with E-state index in [2.05, 4.69) is 20.7 Å². The van der Waals surface area contributed by atoms with Crippen LogP contribution in [0.3, 0.4) is 0 Å². The maximum absolute atomic E-state index is 12.3. The normalized spacial score (nSPS) is 13.2. The van der Waals surface area contributed by atoms with Crippen LogP contribution in [0.4, 0.5) is 5.69 Å². The number of nitrogen functional groups attached to an aromatic ring is 1. The van der Waals surface area contributed by atoms with Crippen molar-refractivity contribution in [2.75, 3.05) is 33.2 Å². The summed E-state index contributed by atoms with van der Waals surface area (Å²) in [6, 6.07) is 2.00. The Morgan fingerprint density at radius 2 is 2.10 bits per heavy atom. The predicted molar refractivity (Wildman–Crippen MR) is 78.2 cm³/mol. The van der Waals surface area contributed by atoms with Gasteiger partial charge in [-0.3, -0.25) is 0 Å². The summed E-state index contributed by atoms with van der Waals surface area (Å²) >= 11 is 3.20. The van der Waals surface area contributed by atoms with Crippen molar-refractivity contribution in [3.63, 3.8) is 0 Å². The Balaban J connectivity index is 3.17.